The van der Waals surface area contributed by atoms with Gasteiger partial charge in [0, 0.05) is 26.1 Å². The summed E-state index contributed by atoms with van der Waals surface area (Å²) in [5.74, 6) is -2.24. The Bertz CT molecular complexity index is 518. The van der Waals surface area contributed by atoms with Crippen LogP contribution in [0.4, 0.5) is 8.78 Å². The molecule has 0 aliphatic heterocycles. The quantitative estimate of drug-likeness (QED) is 0.377. The van der Waals surface area contributed by atoms with E-state index in [4.69, 9.17) is 10.9 Å². The molecule has 19 heavy (non-hydrogen) atoms. The average molecular weight is 271 g/mol. The van der Waals surface area contributed by atoms with E-state index in [1.807, 2.05) is 0 Å². The van der Waals surface area contributed by atoms with Crippen LogP contribution in [0.25, 0.3) is 0 Å². The highest BCUT2D eigenvalue weighted by Crippen LogP contribution is 2.15. The Hall–Kier alpha value is -2.18. The molecule has 0 aliphatic rings. The van der Waals surface area contributed by atoms with Crippen molar-refractivity contribution in [3.63, 3.8) is 0 Å². The van der Waals surface area contributed by atoms with Crippen LogP contribution in [0.1, 0.15) is 22.3 Å². The summed E-state index contributed by atoms with van der Waals surface area (Å²) in [5.41, 5.74) is 5.25. The number of amidine groups is 1. The molecule has 0 unspecified atom stereocenters. The zero-order valence-electron chi connectivity index (χ0n) is 10.7. The van der Waals surface area contributed by atoms with Gasteiger partial charge in [-0.1, -0.05) is 5.16 Å². The predicted octanol–water partition coefficient (Wildman–Crippen LogP) is 1.48. The Morgan fingerprint density at radius 3 is 2.63 bits per heavy atom. The van der Waals surface area contributed by atoms with Gasteiger partial charge >= 0.3 is 0 Å². The summed E-state index contributed by atoms with van der Waals surface area (Å²) < 4.78 is 26.6. The molecule has 3 N–H and O–H groups in total. The van der Waals surface area contributed by atoms with Crippen molar-refractivity contribution in [2.75, 3.05) is 13.6 Å². The first kappa shape index (κ1) is 14.9. The van der Waals surface area contributed by atoms with Crippen molar-refractivity contribution in [1.82, 2.24) is 4.90 Å². The van der Waals surface area contributed by atoms with Crippen LogP contribution in [0, 0.1) is 18.6 Å². The van der Waals surface area contributed by atoms with Crippen LogP contribution in [-0.2, 0) is 0 Å². The molecule has 0 fully saturated rings. The van der Waals surface area contributed by atoms with Gasteiger partial charge in [0.05, 0.1) is 5.56 Å². The Labute approximate surface area is 109 Å². The smallest absolute Gasteiger partial charge is 0.256 e. The molecule has 0 aliphatic carbocycles. The highest BCUT2D eigenvalue weighted by Gasteiger charge is 2.18. The van der Waals surface area contributed by atoms with Crippen molar-refractivity contribution in [3.05, 3.63) is 34.9 Å². The third-order valence-electron chi connectivity index (χ3n) is 2.66. The lowest BCUT2D eigenvalue weighted by molar-refractivity contribution is 0.0793. The van der Waals surface area contributed by atoms with Crippen molar-refractivity contribution in [1.29, 1.82) is 0 Å². The van der Waals surface area contributed by atoms with E-state index >= 15 is 0 Å². The summed E-state index contributed by atoms with van der Waals surface area (Å²) in [6, 6.07) is 1.84. The number of halogens is 2. The second kappa shape index (κ2) is 6.12. The Morgan fingerprint density at radius 1 is 1.42 bits per heavy atom. The van der Waals surface area contributed by atoms with Crippen LogP contribution in [-0.4, -0.2) is 35.4 Å². The van der Waals surface area contributed by atoms with E-state index in [0.717, 1.165) is 6.07 Å². The maximum absolute atomic E-state index is 13.5. The monoisotopic (exact) mass is 271 g/mol. The fraction of sp³-hybridized carbons (Fsp3) is 0.333. The summed E-state index contributed by atoms with van der Waals surface area (Å²) in [4.78, 5) is 13.2. The largest absolute Gasteiger partial charge is 0.409 e. The maximum Gasteiger partial charge on any atom is 0.256 e. The van der Waals surface area contributed by atoms with Gasteiger partial charge in [0.1, 0.15) is 17.5 Å². The van der Waals surface area contributed by atoms with Gasteiger partial charge in [-0.25, -0.2) is 8.78 Å². The highest BCUT2D eigenvalue weighted by atomic mass is 19.1. The number of rotatable bonds is 4. The summed E-state index contributed by atoms with van der Waals surface area (Å²) in [6.45, 7) is 1.60. The first-order chi connectivity index (χ1) is 8.86. The van der Waals surface area contributed by atoms with Gasteiger partial charge in [-0.05, 0) is 18.6 Å². The third kappa shape index (κ3) is 3.64. The molecule has 5 nitrogen and oxygen atoms in total. The minimum Gasteiger partial charge on any atom is -0.409 e. The van der Waals surface area contributed by atoms with Crippen LogP contribution >= 0.6 is 0 Å². The summed E-state index contributed by atoms with van der Waals surface area (Å²) in [5, 5.41) is 11.1. The van der Waals surface area contributed by atoms with Crippen molar-refractivity contribution in [2.24, 2.45) is 10.9 Å². The van der Waals surface area contributed by atoms with Crippen LogP contribution < -0.4 is 5.73 Å². The van der Waals surface area contributed by atoms with E-state index in [2.05, 4.69) is 5.16 Å². The van der Waals surface area contributed by atoms with Crippen molar-refractivity contribution in [2.45, 2.75) is 13.3 Å². The molecule has 7 heteroatoms. The van der Waals surface area contributed by atoms with E-state index in [9.17, 15) is 13.6 Å². The minimum atomic E-state index is -0.913. The van der Waals surface area contributed by atoms with E-state index < -0.39 is 17.5 Å². The van der Waals surface area contributed by atoms with Crippen LogP contribution in [0.15, 0.2) is 17.3 Å². The topological polar surface area (TPSA) is 78.9 Å². The fourth-order valence-corrected chi connectivity index (χ4v) is 1.46. The number of nitrogens with two attached hydrogens (primary N) is 1. The molecule has 0 saturated carbocycles. The second-order valence-corrected chi connectivity index (χ2v) is 4.15. The molecule has 1 aromatic rings. The lowest BCUT2D eigenvalue weighted by atomic mass is 10.1. The number of amides is 1. The Morgan fingerprint density at radius 2 is 2.05 bits per heavy atom. The summed E-state index contributed by atoms with van der Waals surface area (Å²) in [6.07, 6.45) is 0.153. The first-order valence-electron chi connectivity index (χ1n) is 5.54. The lowest BCUT2D eigenvalue weighted by Crippen LogP contribution is -2.31. The molecule has 0 spiro atoms. The molecule has 1 aromatic carbocycles. The number of hydrogen-bond donors (Lipinski definition) is 2. The third-order valence-corrected chi connectivity index (χ3v) is 2.66. The average Bonchev–Trinajstić information content (AvgIpc) is 2.38. The summed E-state index contributed by atoms with van der Waals surface area (Å²) in [7, 11) is 1.45. The molecule has 0 heterocycles. The number of hydrogen-bond acceptors (Lipinski definition) is 3. The minimum absolute atomic E-state index is 0.0320. The normalized spacial score (nSPS) is 11.5. The molecule has 1 rings (SSSR count). The molecule has 0 atom stereocenters. The van der Waals surface area contributed by atoms with Gasteiger partial charge < -0.3 is 15.8 Å². The van der Waals surface area contributed by atoms with Gasteiger partial charge in [0.2, 0.25) is 0 Å². The second-order valence-electron chi connectivity index (χ2n) is 4.15. The van der Waals surface area contributed by atoms with Crippen molar-refractivity contribution in [3.8, 4) is 0 Å². The van der Waals surface area contributed by atoms with Crippen LogP contribution in [0.3, 0.4) is 0 Å². The van der Waals surface area contributed by atoms with Crippen LogP contribution in [0.2, 0.25) is 0 Å². The standard InChI is InChI=1S/C12H15F2N3O2/c1-7-5-8(10(14)6-9(7)13)12(18)17(2)4-3-11(15)16-19/h5-6,19H,3-4H2,1-2H3,(H2,15,16). The number of carbonyl (C=O) groups excluding carboxylic acids is 1. The van der Waals surface area contributed by atoms with Gasteiger partial charge in [0.15, 0.2) is 0 Å². The molecule has 0 bridgehead atoms. The number of carbonyl (C=O) groups is 1. The number of nitrogens with zero attached hydrogens (tertiary/aromatic N) is 2. The molecular weight excluding hydrogens is 256 g/mol. The Balaban J connectivity index is 2.85. The number of oxime groups is 1. The van der Waals surface area contributed by atoms with Gasteiger partial charge in [0.25, 0.3) is 5.91 Å². The van der Waals surface area contributed by atoms with Crippen LogP contribution in [0.5, 0.6) is 0 Å². The predicted molar refractivity (Wildman–Crippen MR) is 66.1 cm³/mol. The van der Waals surface area contributed by atoms with Crippen molar-refractivity contribution >= 4 is 11.7 Å². The first-order valence-corrected chi connectivity index (χ1v) is 5.54. The molecule has 0 aromatic heterocycles. The zero-order valence-corrected chi connectivity index (χ0v) is 10.7. The molecule has 104 valence electrons. The molecule has 0 saturated heterocycles. The van der Waals surface area contributed by atoms with Gasteiger partial charge in [-0.3, -0.25) is 4.79 Å². The number of aryl methyl sites for hydroxylation is 1. The van der Waals surface area contributed by atoms with Crippen molar-refractivity contribution < 1.29 is 18.8 Å². The van der Waals surface area contributed by atoms with Gasteiger partial charge in [-0.2, -0.15) is 0 Å². The zero-order chi connectivity index (χ0) is 14.6. The summed E-state index contributed by atoms with van der Waals surface area (Å²) >= 11 is 0. The molecule has 0 radical (unpaired) electrons. The fourth-order valence-electron chi connectivity index (χ4n) is 1.46. The maximum atomic E-state index is 13.5. The van der Waals surface area contributed by atoms with E-state index in [1.54, 1.807) is 0 Å². The van der Waals surface area contributed by atoms with E-state index in [0.29, 0.717) is 6.07 Å². The van der Waals surface area contributed by atoms with E-state index in [1.165, 1.54) is 18.9 Å². The molecular formula is C12H15F2N3O2. The lowest BCUT2D eigenvalue weighted by Gasteiger charge is -2.17. The van der Waals surface area contributed by atoms with Gasteiger partial charge in [-0.15, -0.1) is 0 Å². The highest BCUT2D eigenvalue weighted by molar-refractivity contribution is 5.94. The number of benzene rings is 1. The Kier molecular flexibility index (Phi) is 4.80. The SMILES string of the molecule is Cc1cc(C(=O)N(C)CC/C(N)=N/O)c(F)cc1F. The molecule has 1 amide bonds. The van der Waals surface area contributed by atoms with E-state index in [-0.39, 0.29) is 29.9 Å².